The molecule has 22 heavy (non-hydrogen) atoms. The van der Waals surface area contributed by atoms with E-state index in [0.29, 0.717) is 20.5 Å². The zero-order valence-corrected chi connectivity index (χ0v) is 14.2. The summed E-state index contributed by atoms with van der Waals surface area (Å²) in [5.74, 6) is 0. The Labute approximate surface area is 140 Å². The standard InChI is InChI=1S/C17H14F3S.BrH/c1-2-12-8-9-15-14(10-12)11-16(21(15)17(18,19)20)13-6-4-3-5-7-13;/h3-11H,2H2,1H3;1H/q+1;/p-1. The van der Waals surface area contributed by atoms with E-state index in [1.165, 1.54) is 0 Å². The van der Waals surface area contributed by atoms with E-state index >= 15 is 0 Å². The fourth-order valence-electron chi connectivity index (χ4n) is 2.49. The molecule has 0 saturated heterocycles. The van der Waals surface area contributed by atoms with Crippen LogP contribution in [0.3, 0.4) is 0 Å². The van der Waals surface area contributed by atoms with E-state index in [-0.39, 0.29) is 17.0 Å². The van der Waals surface area contributed by atoms with Crippen LogP contribution in [0.4, 0.5) is 13.2 Å². The minimum absolute atomic E-state index is 0. The Hall–Kier alpha value is -1.33. The third-order valence-corrected chi connectivity index (χ3v) is 5.57. The highest BCUT2D eigenvalue weighted by molar-refractivity contribution is 7.41. The number of aryl methyl sites for hydroxylation is 1. The van der Waals surface area contributed by atoms with Gasteiger partial charge in [0, 0.05) is 17.0 Å². The van der Waals surface area contributed by atoms with Gasteiger partial charge in [-0.05, 0) is 36.2 Å². The van der Waals surface area contributed by atoms with Crippen molar-refractivity contribution >= 4 is 20.6 Å². The second-order valence-corrected chi connectivity index (χ2v) is 6.81. The summed E-state index contributed by atoms with van der Waals surface area (Å²) in [6.07, 6.45) is 0.821. The fraction of sp³-hybridized carbons (Fsp3) is 0.176. The van der Waals surface area contributed by atoms with Crippen LogP contribution >= 0.6 is 10.5 Å². The SMILES string of the molecule is CCc1ccc2c(c1)cc(-c1ccccc1)[s+]2C(F)(F)F.[Br-]. The van der Waals surface area contributed by atoms with Gasteiger partial charge in [-0.25, -0.2) is 0 Å². The minimum atomic E-state index is -4.25. The lowest BCUT2D eigenvalue weighted by Gasteiger charge is -2.00. The van der Waals surface area contributed by atoms with Gasteiger partial charge >= 0.3 is 5.51 Å². The number of halogens is 4. The van der Waals surface area contributed by atoms with Crippen molar-refractivity contribution < 1.29 is 30.2 Å². The lowest BCUT2D eigenvalue weighted by Crippen LogP contribution is -3.00. The molecule has 1 heterocycles. The van der Waals surface area contributed by atoms with Gasteiger partial charge in [0.05, 0.1) is 0 Å². The van der Waals surface area contributed by atoms with Gasteiger partial charge < -0.3 is 17.0 Å². The molecule has 116 valence electrons. The van der Waals surface area contributed by atoms with Crippen LogP contribution in [-0.4, -0.2) is 0 Å². The maximum atomic E-state index is 13.5. The lowest BCUT2D eigenvalue weighted by molar-refractivity contribution is -0.0864. The zero-order valence-electron chi connectivity index (χ0n) is 11.8. The van der Waals surface area contributed by atoms with Crippen LogP contribution < -0.4 is 17.0 Å². The van der Waals surface area contributed by atoms with Crippen LogP contribution in [0.15, 0.2) is 54.6 Å². The molecule has 0 amide bonds. The first kappa shape index (κ1) is 17.0. The summed E-state index contributed by atoms with van der Waals surface area (Å²) < 4.78 is 41.0. The molecule has 3 aromatic rings. The zero-order chi connectivity index (χ0) is 15.0. The molecule has 0 radical (unpaired) electrons. The maximum absolute atomic E-state index is 13.5. The number of hydrogen-bond acceptors (Lipinski definition) is 0. The number of rotatable bonds is 2. The number of fused-ring (bicyclic) bond motifs is 1. The molecule has 0 nitrogen and oxygen atoms in total. The number of hydrogen-bond donors (Lipinski definition) is 0. The van der Waals surface area contributed by atoms with E-state index in [4.69, 9.17) is 0 Å². The smallest absolute Gasteiger partial charge is 0.601 e. The minimum Gasteiger partial charge on any atom is -1.00 e. The molecule has 0 N–H and O–H groups in total. The van der Waals surface area contributed by atoms with Crippen LogP contribution in [0.1, 0.15) is 12.5 Å². The molecule has 0 aliphatic heterocycles. The molecule has 0 aliphatic rings. The molecule has 2 aromatic carbocycles. The monoisotopic (exact) mass is 386 g/mol. The van der Waals surface area contributed by atoms with E-state index in [1.807, 2.05) is 19.1 Å². The quantitative estimate of drug-likeness (QED) is 0.592. The summed E-state index contributed by atoms with van der Waals surface area (Å²) in [7, 11) is -1.86. The van der Waals surface area contributed by atoms with Crippen molar-refractivity contribution in [3.8, 4) is 10.4 Å². The van der Waals surface area contributed by atoms with E-state index < -0.39 is 16.0 Å². The van der Waals surface area contributed by atoms with Crippen molar-refractivity contribution in [2.75, 3.05) is 0 Å². The van der Waals surface area contributed by atoms with Crippen LogP contribution in [-0.2, 0) is 11.9 Å². The predicted octanol–water partition coefficient (Wildman–Crippen LogP) is 3.30. The molecule has 1 atom stereocenters. The molecule has 0 saturated carbocycles. The Morgan fingerprint density at radius 1 is 0.955 bits per heavy atom. The van der Waals surface area contributed by atoms with Crippen molar-refractivity contribution in [2.24, 2.45) is 0 Å². The van der Waals surface area contributed by atoms with Crippen molar-refractivity contribution in [2.45, 2.75) is 18.9 Å². The summed E-state index contributed by atoms with van der Waals surface area (Å²) >= 11 is 0. The Bertz CT molecular complexity index is 776. The highest BCUT2D eigenvalue weighted by Gasteiger charge is 2.48. The molecular formula is C17H14BrF3S. The Morgan fingerprint density at radius 3 is 2.23 bits per heavy atom. The van der Waals surface area contributed by atoms with Gasteiger partial charge in [-0.2, -0.15) is 0 Å². The molecule has 0 aliphatic carbocycles. The molecule has 0 bridgehead atoms. The molecular weight excluding hydrogens is 373 g/mol. The summed E-state index contributed by atoms with van der Waals surface area (Å²) in [6.45, 7) is 2.00. The highest BCUT2D eigenvalue weighted by Crippen LogP contribution is 2.54. The lowest BCUT2D eigenvalue weighted by atomic mass is 10.1. The van der Waals surface area contributed by atoms with Crippen molar-refractivity contribution in [3.05, 3.63) is 60.2 Å². The first-order valence-electron chi connectivity index (χ1n) is 6.72. The summed E-state index contributed by atoms with van der Waals surface area (Å²) in [6, 6.07) is 15.8. The van der Waals surface area contributed by atoms with Gasteiger partial charge in [0.25, 0.3) is 0 Å². The molecule has 5 heteroatoms. The van der Waals surface area contributed by atoms with Gasteiger partial charge in [0.2, 0.25) is 0 Å². The normalized spacial score (nSPS) is 12.3. The van der Waals surface area contributed by atoms with Gasteiger partial charge in [-0.1, -0.05) is 31.2 Å². The van der Waals surface area contributed by atoms with E-state index in [1.54, 1.807) is 42.5 Å². The number of thiophene rings is 1. The third kappa shape index (κ3) is 3.06. The third-order valence-electron chi connectivity index (χ3n) is 3.50. The molecule has 1 aromatic heterocycles. The Balaban J connectivity index is 0.00000176. The molecule has 0 fully saturated rings. The van der Waals surface area contributed by atoms with Gasteiger partial charge in [0.15, 0.2) is 9.58 Å². The van der Waals surface area contributed by atoms with Gasteiger partial charge in [-0.3, -0.25) is 0 Å². The second-order valence-electron chi connectivity index (χ2n) is 4.85. The average molecular weight is 387 g/mol. The van der Waals surface area contributed by atoms with Crippen LogP contribution in [0.5, 0.6) is 0 Å². The largest absolute Gasteiger partial charge is 1.00 e. The Morgan fingerprint density at radius 2 is 1.64 bits per heavy atom. The number of benzene rings is 2. The van der Waals surface area contributed by atoms with Crippen molar-refractivity contribution in [3.63, 3.8) is 0 Å². The molecule has 1 unspecified atom stereocenters. The van der Waals surface area contributed by atoms with E-state index in [9.17, 15) is 13.2 Å². The van der Waals surface area contributed by atoms with E-state index in [2.05, 4.69) is 0 Å². The average Bonchev–Trinajstić information content (AvgIpc) is 2.86. The summed E-state index contributed by atoms with van der Waals surface area (Å²) in [5.41, 5.74) is -2.54. The highest BCUT2D eigenvalue weighted by atomic mass is 79.9. The summed E-state index contributed by atoms with van der Waals surface area (Å²) in [5, 5.41) is 0.703. The van der Waals surface area contributed by atoms with Crippen molar-refractivity contribution in [1.82, 2.24) is 0 Å². The first-order valence-corrected chi connectivity index (χ1v) is 7.94. The summed E-state index contributed by atoms with van der Waals surface area (Å²) in [4.78, 5) is 0.367. The van der Waals surface area contributed by atoms with Crippen LogP contribution in [0, 0.1) is 0 Å². The topological polar surface area (TPSA) is 0 Å². The Kier molecular flexibility index (Phi) is 4.97. The van der Waals surface area contributed by atoms with Crippen molar-refractivity contribution in [1.29, 1.82) is 0 Å². The van der Waals surface area contributed by atoms with Gasteiger partial charge in [0.1, 0.15) is 10.5 Å². The van der Waals surface area contributed by atoms with E-state index in [0.717, 1.165) is 12.0 Å². The van der Waals surface area contributed by atoms with Gasteiger partial charge in [-0.15, -0.1) is 13.2 Å². The predicted molar refractivity (Wildman–Crippen MR) is 82.5 cm³/mol. The maximum Gasteiger partial charge on any atom is 0.601 e. The fourth-order valence-corrected chi connectivity index (χ4v) is 4.40. The second kappa shape index (κ2) is 6.42. The van der Waals surface area contributed by atoms with Crippen LogP contribution in [0.2, 0.25) is 0 Å². The molecule has 0 spiro atoms. The number of alkyl halides is 3. The molecule has 3 rings (SSSR count). The first-order chi connectivity index (χ1) is 10.0. The van der Waals surface area contributed by atoms with Crippen LogP contribution in [0.25, 0.3) is 20.5 Å².